The van der Waals surface area contributed by atoms with Crippen LogP contribution in [0.25, 0.3) is 0 Å². The second kappa shape index (κ2) is 16.6. The maximum Gasteiger partial charge on any atom is 0.312 e. The van der Waals surface area contributed by atoms with E-state index in [0.29, 0.717) is 6.54 Å². The number of alkyl halides is 2. The minimum Gasteiger partial charge on any atom is -0.352 e. The van der Waals surface area contributed by atoms with Crippen molar-refractivity contribution in [3.63, 3.8) is 0 Å². The lowest BCUT2D eigenvalue weighted by molar-refractivity contribution is -0.130. The van der Waals surface area contributed by atoms with Crippen LogP contribution in [0.15, 0.2) is 48.7 Å². The Kier molecular flexibility index (Phi) is 12.3. The second-order valence-electron chi connectivity index (χ2n) is 13.3. The first kappa shape index (κ1) is 34.2. The van der Waals surface area contributed by atoms with Crippen molar-refractivity contribution in [3.8, 4) is 0 Å². The van der Waals surface area contributed by atoms with Crippen LogP contribution in [-0.2, 0) is 11.2 Å². The molecule has 3 atom stereocenters. The Labute approximate surface area is 272 Å². The molecule has 1 aromatic carbocycles. The molecule has 9 nitrogen and oxygen atoms in total. The number of urea groups is 1. The van der Waals surface area contributed by atoms with Gasteiger partial charge in [-0.25, -0.2) is 13.6 Å². The lowest BCUT2D eigenvalue weighted by Crippen LogP contribution is -2.56. The van der Waals surface area contributed by atoms with Gasteiger partial charge in [-0.1, -0.05) is 36.4 Å². The number of nitrogens with zero attached hydrogens (tertiary/aromatic N) is 3. The van der Waals surface area contributed by atoms with Crippen molar-refractivity contribution in [1.29, 1.82) is 0 Å². The van der Waals surface area contributed by atoms with Crippen molar-refractivity contribution in [3.05, 3.63) is 65.5 Å². The first-order valence-electron chi connectivity index (χ1n) is 17.2. The van der Waals surface area contributed by atoms with Gasteiger partial charge in [-0.2, -0.15) is 0 Å². The number of pyridine rings is 1. The Morgan fingerprint density at radius 3 is 2.70 bits per heavy atom. The van der Waals surface area contributed by atoms with Gasteiger partial charge in [0.1, 0.15) is 0 Å². The highest BCUT2D eigenvalue weighted by atomic mass is 19.3. The molecule has 0 radical (unpaired) electrons. The zero-order valence-corrected chi connectivity index (χ0v) is 26.9. The van der Waals surface area contributed by atoms with Gasteiger partial charge in [0.05, 0.1) is 17.8 Å². The molecule has 2 fully saturated rings. The quantitative estimate of drug-likeness (QED) is 0.226. The van der Waals surface area contributed by atoms with E-state index in [1.54, 1.807) is 0 Å². The molecule has 3 amide bonds. The topological polar surface area (TPSA) is 116 Å². The standard InChI is InChI=1S/C35H51F2N7O2/c36-35(37)16-13-28(14-17-35)33(45)42-30(26-8-2-1-3-9-26)15-22-43-23-20-39-29(24-43)25-44(21-5-4-18-41-34(38)46)31-12-6-10-27-11-7-19-40-32(27)31/h1-3,7-9,11,19,28-31,39H,4-6,10,12-18,20-25H2,(H,42,45)(H3,38,41,46)/t29-,30+,31+/m1/s1. The van der Waals surface area contributed by atoms with Crippen LogP contribution >= 0.6 is 0 Å². The Hall–Kier alpha value is -3.15. The Balaban J connectivity index is 1.19. The largest absolute Gasteiger partial charge is 0.352 e. The van der Waals surface area contributed by atoms with Crippen molar-refractivity contribution in [2.45, 2.75) is 88.3 Å². The number of piperazine rings is 1. The van der Waals surface area contributed by atoms with E-state index >= 15 is 0 Å². The van der Waals surface area contributed by atoms with Gasteiger partial charge >= 0.3 is 6.03 Å². The number of aryl methyl sites for hydroxylation is 1. The highest BCUT2D eigenvalue weighted by Crippen LogP contribution is 2.37. The summed E-state index contributed by atoms with van der Waals surface area (Å²) in [6.45, 7) is 5.92. The van der Waals surface area contributed by atoms with Crippen LogP contribution in [0.3, 0.4) is 0 Å². The summed E-state index contributed by atoms with van der Waals surface area (Å²) < 4.78 is 27.5. The van der Waals surface area contributed by atoms with E-state index in [1.165, 1.54) is 11.3 Å². The van der Waals surface area contributed by atoms with E-state index in [1.807, 2.05) is 42.6 Å². The number of unbranched alkanes of at least 4 members (excludes halogenated alkanes) is 1. The smallest absolute Gasteiger partial charge is 0.312 e. The zero-order valence-electron chi connectivity index (χ0n) is 26.9. The molecular formula is C35H51F2N7O2. The molecule has 1 aromatic heterocycles. The number of halogens is 2. The number of amides is 3. The summed E-state index contributed by atoms with van der Waals surface area (Å²) in [5, 5.41) is 9.69. The molecule has 46 heavy (non-hydrogen) atoms. The Morgan fingerprint density at radius 2 is 1.91 bits per heavy atom. The molecule has 11 heteroatoms. The molecular weight excluding hydrogens is 588 g/mol. The number of hydrogen-bond acceptors (Lipinski definition) is 6. The van der Waals surface area contributed by atoms with E-state index in [-0.39, 0.29) is 55.6 Å². The number of primary amides is 1. The van der Waals surface area contributed by atoms with Crippen LogP contribution in [0, 0.1) is 5.92 Å². The molecule has 2 aliphatic carbocycles. The van der Waals surface area contributed by atoms with Crippen LogP contribution in [0.1, 0.15) is 86.7 Å². The number of benzene rings is 1. The van der Waals surface area contributed by atoms with Crippen molar-refractivity contribution in [1.82, 2.24) is 30.7 Å². The predicted molar refractivity (Wildman–Crippen MR) is 175 cm³/mol. The monoisotopic (exact) mass is 639 g/mol. The van der Waals surface area contributed by atoms with E-state index in [0.717, 1.165) is 83.4 Å². The van der Waals surface area contributed by atoms with E-state index in [9.17, 15) is 18.4 Å². The molecule has 5 rings (SSSR count). The summed E-state index contributed by atoms with van der Waals surface area (Å²) in [5.74, 6) is -3.11. The fraction of sp³-hybridized carbons (Fsp3) is 0.629. The van der Waals surface area contributed by atoms with Gasteiger partial charge in [0.2, 0.25) is 11.8 Å². The van der Waals surface area contributed by atoms with Gasteiger partial charge < -0.3 is 26.6 Å². The van der Waals surface area contributed by atoms with Gasteiger partial charge in [-0.05, 0) is 75.1 Å². The average Bonchev–Trinajstić information content (AvgIpc) is 3.06. The predicted octanol–water partition coefficient (Wildman–Crippen LogP) is 4.56. The van der Waals surface area contributed by atoms with Crippen LogP contribution in [0.5, 0.6) is 0 Å². The van der Waals surface area contributed by atoms with Gasteiger partial charge in [-0.3, -0.25) is 14.7 Å². The number of fused-ring (bicyclic) bond motifs is 1. The number of rotatable bonds is 14. The third-order valence-corrected chi connectivity index (χ3v) is 9.91. The molecule has 1 saturated heterocycles. The van der Waals surface area contributed by atoms with Crippen LogP contribution in [-0.4, -0.2) is 84.5 Å². The van der Waals surface area contributed by atoms with Crippen molar-refractivity contribution >= 4 is 11.9 Å². The molecule has 252 valence electrons. The fourth-order valence-corrected chi connectivity index (χ4v) is 7.38. The van der Waals surface area contributed by atoms with E-state index < -0.39 is 12.0 Å². The molecule has 0 bridgehead atoms. The minimum absolute atomic E-state index is 0.106. The molecule has 2 aromatic rings. The zero-order chi connectivity index (χ0) is 32.4. The number of aromatic nitrogens is 1. The normalized spacial score (nSPS) is 22.6. The molecule has 1 aliphatic heterocycles. The van der Waals surface area contributed by atoms with Crippen LogP contribution < -0.4 is 21.7 Å². The Bertz CT molecular complexity index is 1260. The van der Waals surface area contributed by atoms with Crippen molar-refractivity contribution < 1.29 is 18.4 Å². The molecule has 0 unspecified atom stereocenters. The van der Waals surface area contributed by atoms with Crippen molar-refractivity contribution in [2.75, 3.05) is 45.8 Å². The third-order valence-electron chi connectivity index (χ3n) is 9.91. The lowest BCUT2D eigenvalue weighted by Gasteiger charge is -2.41. The molecule has 5 N–H and O–H groups in total. The summed E-state index contributed by atoms with van der Waals surface area (Å²) in [6, 6.07) is 14.1. The maximum atomic E-state index is 13.7. The summed E-state index contributed by atoms with van der Waals surface area (Å²) in [5.41, 5.74) is 8.84. The molecule has 0 spiro atoms. The minimum atomic E-state index is -2.65. The van der Waals surface area contributed by atoms with Gasteiger partial charge in [0, 0.05) is 70.3 Å². The van der Waals surface area contributed by atoms with E-state index in [2.05, 4.69) is 31.8 Å². The van der Waals surface area contributed by atoms with Crippen LogP contribution in [0.4, 0.5) is 13.6 Å². The highest BCUT2D eigenvalue weighted by molar-refractivity contribution is 5.79. The van der Waals surface area contributed by atoms with Gasteiger partial charge in [0.15, 0.2) is 0 Å². The number of carbonyl (C=O) groups is 2. The van der Waals surface area contributed by atoms with Crippen molar-refractivity contribution in [2.24, 2.45) is 11.7 Å². The third kappa shape index (κ3) is 9.92. The van der Waals surface area contributed by atoms with Gasteiger partial charge in [0.25, 0.3) is 0 Å². The summed E-state index contributed by atoms with van der Waals surface area (Å²) >= 11 is 0. The molecule has 1 saturated carbocycles. The first-order valence-corrected chi connectivity index (χ1v) is 17.2. The number of hydrogen-bond donors (Lipinski definition) is 4. The summed E-state index contributed by atoms with van der Waals surface area (Å²) in [7, 11) is 0. The fourth-order valence-electron chi connectivity index (χ4n) is 7.38. The van der Waals surface area contributed by atoms with E-state index in [4.69, 9.17) is 10.7 Å². The molecule has 2 heterocycles. The maximum absolute atomic E-state index is 13.7. The molecule has 3 aliphatic rings. The second-order valence-corrected chi connectivity index (χ2v) is 13.3. The summed E-state index contributed by atoms with van der Waals surface area (Å²) in [4.78, 5) is 34.2. The number of nitrogens with one attached hydrogen (secondary N) is 3. The first-order chi connectivity index (χ1) is 22.3. The number of nitrogens with two attached hydrogens (primary N) is 1. The highest BCUT2D eigenvalue weighted by Gasteiger charge is 2.38. The van der Waals surface area contributed by atoms with Gasteiger partial charge in [-0.15, -0.1) is 0 Å². The Morgan fingerprint density at radius 1 is 1.11 bits per heavy atom. The van der Waals surface area contributed by atoms with Crippen LogP contribution in [0.2, 0.25) is 0 Å². The average molecular weight is 640 g/mol. The summed E-state index contributed by atoms with van der Waals surface area (Å²) in [6.07, 6.45) is 7.80. The lowest BCUT2D eigenvalue weighted by atomic mass is 9.86. The number of carbonyl (C=O) groups excluding carboxylic acids is 2. The SMILES string of the molecule is NC(=O)NCCCCN(C[C@H]1CN(CC[C@H](NC(=O)C2CCC(F)(F)CC2)c2ccccc2)CCN1)[C@H]1CCCc2cccnc21.